The lowest BCUT2D eigenvalue weighted by molar-refractivity contribution is -0.137. The van der Waals surface area contributed by atoms with E-state index in [0.29, 0.717) is 34.6 Å². The quantitative estimate of drug-likeness (QED) is 0.288. The van der Waals surface area contributed by atoms with Crippen LogP contribution in [-0.4, -0.2) is 21.3 Å². The summed E-state index contributed by atoms with van der Waals surface area (Å²) in [5.74, 6) is 0.502. The predicted molar refractivity (Wildman–Crippen MR) is 139 cm³/mol. The van der Waals surface area contributed by atoms with E-state index in [1.54, 1.807) is 25.3 Å². The van der Waals surface area contributed by atoms with Crippen molar-refractivity contribution in [3.05, 3.63) is 105 Å². The first kappa shape index (κ1) is 25.7. The molecule has 0 unspecified atom stereocenters. The van der Waals surface area contributed by atoms with Crippen LogP contribution in [0.15, 0.2) is 91.9 Å². The van der Waals surface area contributed by atoms with Crippen molar-refractivity contribution in [2.24, 2.45) is 0 Å². The molecule has 0 bridgehead atoms. The summed E-state index contributed by atoms with van der Waals surface area (Å²) in [6, 6.07) is 12.8. The topological polar surface area (TPSA) is 103 Å². The molecule has 8 nitrogen and oxygen atoms in total. The number of nitrogens with zero attached hydrogens (tertiary/aromatic N) is 3. The number of hydrogen-bond donors (Lipinski definition) is 1. The van der Waals surface area contributed by atoms with E-state index in [1.807, 2.05) is 13.0 Å². The molecule has 3 heterocycles. The largest absolute Gasteiger partial charge is 0.444 e. The Balaban J connectivity index is 1.76. The molecule has 0 aliphatic rings. The van der Waals surface area contributed by atoms with Crippen LogP contribution in [0.25, 0.3) is 39.4 Å². The Morgan fingerprint density at radius 2 is 1.69 bits per heavy atom. The summed E-state index contributed by atoms with van der Waals surface area (Å²) in [5.41, 5.74) is 0.204. The number of hydrogen-bond acceptors (Lipinski definition) is 7. The Kier molecular flexibility index (Phi) is 6.65. The molecule has 5 rings (SSSR count). The Hall–Kier alpha value is -4.93. The van der Waals surface area contributed by atoms with Crippen LogP contribution >= 0.6 is 0 Å². The highest BCUT2D eigenvalue weighted by molar-refractivity contribution is 5.72. The second-order valence-electron chi connectivity index (χ2n) is 8.72. The van der Waals surface area contributed by atoms with Crippen molar-refractivity contribution in [2.75, 3.05) is 11.9 Å². The van der Waals surface area contributed by atoms with E-state index >= 15 is 0 Å². The Morgan fingerprint density at radius 3 is 2.36 bits per heavy atom. The smallest absolute Gasteiger partial charge is 0.418 e. The summed E-state index contributed by atoms with van der Waals surface area (Å²) in [7, 11) is 0. The van der Waals surface area contributed by atoms with Crippen LogP contribution in [0, 0.1) is 6.92 Å². The zero-order valence-corrected chi connectivity index (χ0v) is 20.7. The Bertz CT molecular complexity index is 1750. The molecule has 0 fully saturated rings. The van der Waals surface area contributed by atoms with Crippen molar-refractivity contribution in [3.63, 3.8) is 0 Å². The second-order valence-corrected chi connectivity index (χ2v) is 8.72. The van der Waals surface area contributed by atoms with Gasteiger partial charge in [0.25, 0.3) is 5.56 Å². The third kappa shape index (κ3) is 5.24. The van der Waals surface area contributed by atoms with E-state index in [9.17, 15) is 22.8 Å². The number of aryl methyl sites for hydroxylation is 1. The maximum Gasteiger partial charge on any atom is 0.418 e. The first-order chi connectivity index (χ1) is 18.6. The minimum Gasteiger partial charge on any atom is -0.444 e. The highest BCUT2D eigenvalue weighted by atomic mass is 19.4. The van der Waals surface area contributed by atoms with E-state index in [-0.39, 0.29) is 11.4 Å². The maximum absolute atomic E-state index is 14.2. The van der Waals surface area contributed by atoms with Gasteiger partial charge in [-0.3, -0.25) is 4.79 Å². The SMILES string of the molecule is CCNc1cc(-c2cc(C)cc(-c3cnco3)c2)nn(-c2cc(-c3ccc(=O)oc3)ccc2C(F)(F)F)c1=O. The average Bonchev–Trinajstić information content (AvgIpc) is 3.44. The fourth-order valence-electron chi connectivity index (χ4n) is 4.20. The Morgan fingerprint density at radius 1 is 0.923 bits per heavy atom. The number of benzene rings is 2. The minimum atomic E-state index is -4.78. The molecular weight excluding hydrogens is 513 g/mol. The normalized spacial score (nSPS) is 11.5. The fourth-order valence-corrected chi connectivity index (χ4v) is 4.20. The lowest BCUT2D eigenvalue weighted by Crippen LogP contribution is -2.27. The molecule has 0 aliphatic carbocycles. The van der Waals surface area contributed by atoms with Gasteiger partial charge in [-0.25, -0.2) is 9.78 Å². The molecule has 0 saturated heterocycles. The van der Waals surface area contributed by atoms with Gasteiger partial charge < -0.3 is 14.2 Å². The van der Waals surface area contributed by atoms with Gasteiger partial charge in [-0.05, 0) is 67.4 Å². The number of halogens is 3. The minimum absolute atomic E-state index is 0.0782. The summed E-state index contributed by atoms with van der Waals surface area (Å²) in [5, 5.41) is 7.32. The molecule has 3 aromatic heterocycles. The first-order valence-electron chi connectivity index (χ1n) is 11.8. The van der Waals surface area contributed by atoms with E-state index in [4.69, 9.17) is 8.83 Å². The fraction of sp³-hybridized carbons (Fsp3) is 0.143. The van der Waals surface area contributed by atoms with E-state index < -0.39 is 28.6 Å². The van der Waals surface area contributed by atoms with Crippen molar-refractivity contribution < 1.29 is 22.0 Å². The van der Waals surface area contributed by atoms with Crippen LogP contribution in [0.1, 0.15) is 18.1 Å². The van der Waals surface area contributed by atoms with Gasteiger partial charge in [0.05, 0.1) is 23.1 Å². The first-order valence-corrected chi connectivity index (χ1v) is 11.8. The second kappa shape index (κ2) is 10.1. The van der Waals surface area contributed by atoms with Crippen LogP contribution in [0.2, 0.25) is 0 Å². The monoisotopic (exact) mass is 534 g/mol. The summed E-state index contributed by atoms with van der Waals surface area (Å²) in [4.78, 5) is 28.7. The highest BCUT2D eigenvalue weighted by Crippen LogP contribution is 2.36. The van der Waals surface area contributed by atoms with Crippen LogP contribution < -0.4 is 16.5 Å². The van der Waals surface area contributed by atoms with E-state index in [0.717, 1.165) is 28.6 Å². The van der Waals surface area contributed by atoms with Crippen molar-refractivity contribution in [3.8, 4) is 39.4 Å². The molecule has 0 saturated carbocycles. The van der Waals surface area contributed by atoms with Crippen molar-refractivity contribution in [2.45, 2.75) is 20.0 Å². The molecule has 198 valence electrons. The lowest BCUT2D eigenvalue weighted by atomic mass is 10.0. The van der Waals surface area contributed by atoms with Gasteiger partial charge in [-0.2, -0.15) is 23.0 Å². The zero-order valence-electron chi connectivity index (χ0n) is 20.7. The zero-order chi connectivity index (χ0) is 27.7. The molecule has 0 atom stereocenters. The van der Waals surface area contributed by atoms with E-state index in [1.165, 1.54) is 30.7 Å². The third-order valence-electron chi connectivity index (χ3n) is 5.93. The summed E-state index contributed by atoms with van der Waals surface area (Å²) < 4.78 is 53.5. The van der Waals surface area contributed by atoms with Crippen molar-refractivity contribution in [1.82, 2.24) is 14.8 Å². The number of nitrogens with one attached hydrogen (secondary N) is 1. The van der Waals surface area contributed by atoms with Gasteiger partial charge in [0.2, 0.25) is 0 Å². The van der Waals surface area contributed by atoms with Gasteiger partial charge in [0, 0.05) is 29.3 Å². The van der Waals surface area contributed by atoms with Gasteiger partial charge in [0.15, 0.2) is 12.2 Å². The number of aromatic nitrogens is 3. The molecular formula is C28H21F3N4O4. The maximum atomic E-state index is 14.2. The predicted octanol–water partition coefficient (Wildman–Crippen LogP) is 5.93. The number of alkyl halides is 3. The molecule has 1 N–H and O–H groups in total. The van der Waals surface area contributed by atoms with Gasteiger partial charge >= 0.3 is 11.8 Å². The number of oxazole rings is 1. The van der Waals surface area contributed by atoms with E-state index in [2.05, 4.69) is 15.4 Å². The third-order valence-corrected chi connectivity index (χ3v) is 5.93. The number of anilines is 1. The van der Waals surface area contributed by atoms with Crippen LogP contribution in [-0.2, 0) is 6.18 Å². The molecule has 0 aliphatic heterocycles. The highest BCUT2D eigenvalue weighted by Gasteiger charge is 2.35. The van der Waals surface area contributed by atoms with Gasteiger partial charge in [-0.1, -0.05) is 6.07 Å². The van der Waals surface area contributed by atoms with Gasteiger partial charge in [0.1, 0.15) is 12.0 Å². The summed E-state index contributed by atoms with van der Waals surface area (Å²) in [6.07, 6.45) is -0.801. The molecule has 5 aromatic rings. The molecule has 0 spiro atoms. The molecule has 2 aromatic carbocycles. The van der Waals surface area contributed by atoms with Gasteiger partial charge in [-0.15, -0.1) is 0 Å². The lowest BCUT2D eigenvalue weighted by Gasteiger charge is -2.17. The molecule has 0 radical (unpaired) electrons. The number of rotatable bonds is 6. The molecule has 0 amide bonds. The molecule has 39 heavy (non-hydrogen) atoms. The molecule has 11 heteroatoms. The van der Waals surface area contributed by atoms with Crippen LogP contribution in [0.5, 0.6) is 0 Å². The van der Waals surface area contributed by atoms with Crippen molar-refractivity contribution >= 4 is 5.69 Å². The standard InChI is InChI=1S/C28H21F3N4O4/c1-3-33-23-12-22(19-8-16(2)9-20(10-19)25-13-32-15-39-25)34-35(27(23)37)24-11-17(4-6-21(24)28(29,30)31)18-5-7-26(36)38-14-18/h4-15,33H,3H2,1-2H3. The average molecular weight is 534 g/mol. The summed E-state index contributed by atoms with van der Waals surface area (Å²) in [6.45, 7) is 3.97. The van der Waals surface area contributed by atoms with Crippen LogP contribution in [0.3, 0.4) is 0 Å². The summed E-state index contributed by atoms with van der Waals surface area (Å²) >= 11 is 0. The van der Waals surface area contributed by atoms with Crippen LogP contribution in [0.4, 0.5) is 18.9 Å². The van der Waals surface area contributed by atoms with Crippen molar-refractivity contribution in [1.29, 1.82) is 0 Å². The Labute approximate surface area is 219 Å².